The van der Waals surface area contributed by atoms with Crippen molar-refractivity contribution in [2.45, 2.75) is 6.54 Å². The molecule has 0 spiro atoms. The van der Waals surface area contributed by atoms with Crippen molar-refractivity contribution in [3.8, 4) is 0 Å². The number of rotatable bonds is 6. The number of aromatic nitrogens is 1. The topological polar surface area (TPSA) is 54.6 Å². The van der Waals surface area contributed by atoms with Crippen LogP contribution in [0.5, 0.6) is 0 Å². The van der Waals surface area contributed by atoms with Crippen LogP contribution in [-0.2, 0) is 16.0 Å². The second kappa shape index (κ2) is 7.50. The Morgan fingerprint density at radius 3 is 2.90 bits per heavy atom. The van der Waals surface area contributed by atoms with E-state index in [2.05, 4.69) is 32.8 Å². The van der Waals surface area contributed by atoms with Crippen LogP contribution in [-0.4, -0.2) is 43.3 Å². The molecule has 1 aromatic carbocycles. The highest BCUT2D eigenvalue weighted by atomic mass is 16.7. The Labute approximate surface area is 124 Å². The van der Waals surface area contributed by atoms with E-state index in [0.717, 1.165) is 18.6 Å². The van der Waals surface area contributed by atoms with E-state index in [1.54, 1.807) is 6.08 Å². The van der Waals surface area contributed by atoms with Gasteiger partial charge in [-0.2, -0.15) is 0 Å². The van der Waals surface area contributed by atoms with Crippen molar-refractivity contribution < 1.29 is 14.3 Å². The minimum atomic E-state index is -0.661. The maximum Gasteiger partial charge on any atom is 0.508 e. The smallest absolute Gasteiger partial charge is 0.438 e. The van der Waals surface area contributed by atoms with Gasteiger partial charge in [0.15, 0.2) is 0 Å². The summed E-state index contributed by atoms with van der Waals surface area (Å²) in [6, 6.07) is 10.4. The van der Waals surface area contributed by atoms with Crippen LogP contribution in [0.2, 0.25) is 0 Å². The third-order valence-corrected chi connectivity index (χ3v) is 3.07. The van der Waals surface area contributed by atoms with Gasteiger partial charge in [0.1, 0.15) is 6.61 Å². The number of methoxy groups -OCH3 is 1. The zero-order valence-electron chi connectivity index (χ0n) is 12.3. The van der Waals surface area contributed by atoms with Gasteiger partial charge in [0, 0.05) is 24.3 Å². The number of nitrogens with one attached hydrogen (secondary N) is 1. The molecule has 21 heavy (non-hydrogen) atoms. The number of hydrogen-bond donors (Lipinski definition) is 1. The van der Waals surface area contributed by atoms with Crippen molar-refractivity contribution in [2.24, 2.45) is 0 Å². The Bertz CT molecular complexity index is 586. The van der Waals surface area contributed by atoms with Gasteiger partial charge in [0.2, 0.25) is 0 Å². The van der Waals surface area contributed by atoms with Crippen molar-refractivity contribution >= 4 is 17.1 Å². The third-order valence-electron chi connectivity index (χ3n) is 3.07. The number of fused-ring (bicyclic) bond motifs is 1. The summed E-state index contributed by atoms with van der Waals surface area (Å²) in [7, 11) is 3.33. The molecule has 0 fully saturated rings. The first kappa shape index (κ1) is 15.1. The first-order valence-electron chi connectivity index (χ1n) is 6.80. The lowest BCUT2D eigenvalue weighted by atomic mass is 10.2. The van der Waals surface area contributed by atoms with Crippen LogP contribution in [0, 0.1) is 0 Å². The molecule has 0 aliphatic heterocycles. The second-order valence-corrected chi connectivity index (χ2v) is 4.82. The van der Waals surface area contributed by atoms with Crippen molar-refractivity contribution in [3.63, 3.8) is 0 Å². The number of ether oxygens (including phenoxy) is 2. The molecule has 0 radical (unpaired) electrons. The number of likely N-dealkylation sites (N-methyl/N-ethyl adjacent to an activating group) is 1. The summed E-state index contributed by atoms with van der Waals surface area (Å²) in [5.74, 6) is 0. The minimum Gasteiger partial charge on any atom is -0.438 e. The largest absolute Gasteiger partial charge is 0.508 e. The molecular formula is C16H20N2O3. The number of para-hydroxylation sites is 1. The lowest BCUT2D eigenvalue weighted by Gasteiger charge is -2.12. The average molecular weight is 288 g/mol. The monoisotopic (exact) mass is 288 g/mol. The fourth-order valence-electron chi connectivity index (χ4n) is 2.07. The summed E-state index contributed by atoms with van der Waals surface area (Å²) in [6.07, 6.45) is 3.11. The van der Waals surface area contributed by atoms with Crippen LogP contribution in [0.3, 0.4) is 0 Å². The van der Waals surface area contributed by atoms with E-state index in [4.69, 9.17) is 4.74 Å². The number of H-pyrrole nitrogens is 1. The second-order valence-electron chi connectivity index (χ2n) is 4.82. The van der Waals surface area contributed by atoms with Crippen LogP contribution in [0.1, 0.15) is 5.69 Å². The van der Waals surface area contributed by atoms with E-state index >= 15 is 0 Å². The molecule has 0 aliphatic rings. The van der Waals surface area contributed by atoms with Crippen LogP contribution >= 0.6 is 0 Å². The molecule has 5 nitrogen and oxygen atoms in total. The lowest BCUT2D eigenvalue weighted by Crippen LogP contribution is -2.17. The van der Waals surface area contributed by atoms with E-state index in [1.807, 2.05) is 25.3 Å². The molecule has 1 N–H and O–H groups in total. The molecule has 0 saturated heterocycles. The fraction of sp³-hybridized carbons (Fsp3) is 0.312. The van der Waals surface area contributed by atoms with Crippen molar-refractivity contribution in [2.75, 3.05) is 27.3 Å². The normalized spacial score (nSPS) is 11.4. The number of carbonyl (C=O) groups is 1. The number of aromatic amines is 1. The Balaban J connectivity index is 1.77. The van der Waals surface area contributed by atoms with Crippen LogP contribution in [0.15, 0.2) is 42.5 Å². The summed E-state index contributed by atoms with van der Waals surface area (Å²) in [5.41, 5.74) is 2.33. The predicted octanol–water partition coefficient (Wildman–Crippen LogP) is 2.94. The molecule has 2 aromatic rings. The maximum atomic E-state index is 10.7. The summed E-state index contributed by atoms with van der Waals surface area (Å²) in [6.45, 7) is 1.84. The highest BCUT2D eigenvalue weighted by Gasteiger charge is 2.02. The van der Waals surface area contributed by atoms with Gasteiger partial charge in [-0.15, -0.1) is 0 Å². The van der Waals surface area contributed by atoms with Gasteiger partial charge < -0.3 is 14.5 Å². The molecule has 0 aliphatic carbocycles. The molecule has 0 amide bonds. The van der Waals surface area contributed by atoms with E-state index in [-0.39, 0.29) is 6.61 Å². The van der Waals surface area contributed by atoms with Gasteiger partial charge in [0.25, 0.3) is 0 Å². The molecule has 0 bridgehead atoms. The van der Waals surface area contributed by atoms with Crippen molar-refractivity contribution in [1.29, 1.82) is 0 Å². The van der Waals surface area contributed by atoms with E-state index in [0.29, 0.717) is 0 Å². The highest BCUT2D eigenvalue weighted by molar-refractivity contribution is 5.80. The fourth-order valence-corrected chi connectivity index (χ4v) is 2.07. The molecule has 112 valence electrons. The first-order chi connectivity index (χ1) is 10.2. The van der Waals surface area contributed by atoms with E-state index < -0.39 is 6.16 Å². The Kier molecular flexibility index (Phi) is 5.40. The molecular weight excluding hydrogens is 268 g/mol. The Morgan fingerprint density at radius 2 is 2.14 bits per heavy atom. The van der Waals surface area contributed by atoms with Crippen LogP contribution in [0.25, 0.3) is 10.9 Å². The number of hydrogen-bond acceptors (Lipinski definition) is 4. The number of carbonyl (C=O) groups excluding carboxylic acids is 1. The maximum absolute atomic E-state index is 10.7. The van der Waals surface area contributed by atoms with Gasteiger partial charge in [-0.25, -0.2) is 4.79 Å². The number of nitrogens with zero attached hydrogens (tertiary/aromatic N) is 1. The zero-order chi connectivity index (χ0) is 15.1. The van der Waals surface area contributed by atoms with E-state index in [9.17, 15) is 4.79 Å². The molecule has 0 atom stereocenters. The van der Waals surface area contributed by atoms with Crippen molar-refractivity contribution in [1.82, 2.24) is 9.88 Å². The molecule has 1 aromatic heterocycles. The minimum absolute atomic E-state index is 0.229. The highest BCUT2D eigenvalue weighted by Crippen LogP contribution is 2.15. The molecule has 0 unspecified atom stereocenters. The van der Waals surface area contributed by atoms with Gasteiger partial charge in [0.05, 0.1) is 7.11 Å². The molecule has 1 heterocycles. The van der Waals surface area contributed by atoms with Crippen LogP contribution < -0.4 is 0 Å². The standard InChI is InChI=1S/C16H20N2O3/c1-18(9-5-6-10-21-16(19)20-2)12-14-11-13-7-3-4-8-15(13)17-14/h3-8,11,17H,9-10,12H2,1-2H3/b6-5+. The van der Waals surface area contributed by atoms with Crippen molar-refractivity contribution in [3.05, 3.63) is 48.2 Å². The lowest BCUT2D eigenvalue weighted by molar-refractivity contribution is 0.0817. The summed E-state index contributed by atoms with van der Waals surface area (Å²) in [4.78, 5) is 16.3. The number of benzene rings is 1. The van der Waals surface area contributed by atoms with Gasteiger partial charge >= 0.3 is 6.16 Å². The van der Waals surface area contributed by atoms with Crippen LogP contribution in [0.4, 0.5) is 4.79 Å². The van der Waals surface area contributed by atoms with Gasteiger partial charge in [-0.1, -0.05) is 24.3 Å². The van der Waals surface area contributed by atoms with Gasteiger partial charge in [-0.05, 0) is 30.6 Å². The van der Waals surface area contributed by atoms with Gasteiger partial charge in [-0.3, -0.25) is 4.90 Å². The van der Waals surface area contributed by atoms with E-state index in [1.165, 1.54) is 18.2 Å². The first-order valence-corrected chi connectivity index (χ1v) is 6.80. The molecule has 0 saturated carbocycles. The third kappa shape index (κ3) is 4.65. The quantitative estimate of drug-likeness (QED) is 0.656. The summed E-state index contributed by atoms with van der Waals surface area (Å²) >= 11 is 0. The Morgan fingerprint density at radius 1 is 1.33 bits per heavy atom. The average Bonchev–Trinajstić information content (AvgIpc) is 2.88. The predicted molar refractivity (Wildman–Crippen MR) is 82.1 cm³/mol. The summed E-state index contributed by atoms with van der Waals surface area (Å²) in [5, 5.41) is 1.22. The molecule has 5 heteroatoms. The zero-order valence-corrected chi connectivity index (χ0v) is 12.3. The summed E-state index contributed by atoms with van der Waals surface area (Å²) < 4.78 is 9.13. The molecule has 2 rings (SSSR count). The SMILES string of the molecule is COC(=O)OC/C=C/CN(C)Cc1cc2ccccc2[nH]1. The Hall–Kier alpha value is -2.27.